The Hall–Kier alpha value is -0.970. The smallest absolute Gasteiger partial charge is 0.123 e. The standard InChI is InChI=1S/C16H25FN2O/c1-12(16(18)14-5-7-15(17)8-6-14)19(2)10-13-4-3-9-20-11-13/h5-8,12-13,16H,3-4,9-11,18H2,1-2H3. The van der Waals surface area contributed by atoms with E-state index in [4.69, 9.17) is 10.5 Å². The van der Waals surface area contributed by atoms with Gasteiger partial charge in [-0.3, -0.25) is 0 Å². The molecule has 1 saturated heterocycles. The highest BCUT2D eigenvalue weighted by molar-refractivity contribution is 5.20. The van der Waals surface area contributed by atoms with Gasteiger partial charge in [-0.15, -0.1) is 0 Å². The third-order valence-electron chi connectivity index (χ3n) is 4.27. The van der Waals surface area contributed by atoms with Crippen LogP contribution in [0.25, 0.3) is 0 Å². The molecule has 0 saturated carbocycles. The zero-order chi connectivity index (χ0) is 14.5. The topological polar surface area (TPSA) is 38.5 Å². The Morgan fingerprint density at radius 1 is 1.40 bits per heavy atom. The van der Waals surface area contributed by atoms with E-state index < -0.39 is 0 Å². The highest BCUT2D eigenvalue weighted by atomic mass is 19.1. The summed E-state index contributed by atoms with van der Waals surface area (Å²) in [6.45, 7) is 4.86. The van der Waals surface area contributed by atoms with Crippen molar-refractivity contribution in [1.82, 2.24) is 4.90 Å². The number of nitrogens with zero attached hydrogens (tertiary/aromatic N) is 1. The molecule has 0 radical (unpaired) electrons. The van der Waals surface area contributed by atoms with Crippen LogP contribution in [0.4, 0.5) is 4.39 Å². The van der Waals surface area contributed by atoms with Crippen LogP contribution in [-0.2, 0) is 4.74 Å². The van der Waals surface area contributed by atoms with Gasteiger partial charge in [-0.25, -0.2) is 4.39 Å². The van der Waals surface area contributed by atoms with Crippen LogP contribution in [0.1, 0.15) is 31.4 Å². The van der Waals surface area contributed by atoms with Crippen molar-refractivity contribution < 1.29 is 9.13 Å². The fraction of sp³-hybridized carbons (Fsp3) is 0.625. The number of nitrogens with two attached hydrogens (primary N) is 1. The predicted octanol–water partition coefficient (Wildman–Crippen LogP) is 2.57. The second-order valence-electron chi connectivity index (χ2n) is 5.84. The van der Waals surface area contributed by atoms with E-state index in [9.17, 15) is 4.39 Å². The van der Waals surface area contributed by atoms with Gasteiger partial charge in [-0.2, -0.15) is 0 Å². The van der Waals surface area contributed by atoms with E-state index in [1.165, 1.54) is 18.6 Å². The van der Waals surface area contributed by atoms with Crippen molar-refractivity contribution in [2.75, 3.05) is 26.8 Å². The Labute approximate surface area is 120 Å². The Morgan fingerprint density at radius 2 is 2.10 bits per heavy atom. The summed E-state index contributed by atoms with van der Waals surface area (Å²) in [5.41, 5.74) is 7.28. The van der Waals surface area contributed by atoms with Gasteiger partial charge in [0.15, 0.2) is 0 Å². The molecule has 3 unspecified atom stereocenters. The Kier molecular flexibility index (Phi) is 5.52. The van der Waals surface area contributed by atoms with Crippen LogP contribution in [0.15, 0.2) is 24.3 Å². The molecule has 2 N–H and O–H groups in total. The van der Waals surface area contributed by atoms with E-state index in [1.807, 2.05) is 0 Å². The molecule has 0 spiro atoms. The molecule has 0 aromatic heterocycles. The molecule has 0 amide bonds. The lowest BCUT2D eigenvalue weighted by Gasteiger charge is -2.34. The molecule has 3 nitrogen and oxygen atoms in total. The third kappa shape index (κ3) is 4.01. The molecular weight excluding hydrogens is 255 g/mol. The maximum absolute atomic E-state index is 13.0. The lowest BCUT2D eigenvalue weighted by Crippen LogP contribution is -2.42. The highest BCUT2D eigenvalue weighted by Crippen LogP contribution is 2.21. The molecule has 2 rings (SSSR count). The number of benzene rings is 1. The number of halogens is 1. The summed E-state index contributed by atoms with van der Waals surface area (Å²) in [5.74, 6) is 0.373. The van der Waals surface area contributed by atoms with Gasteiger partial charge >= 0.3 is 0 Å². The van der Waals surface area contributed by atoms with Gasteiger partial charge in [0.25, 0.3) is 0 Å². The maximum atomic E-state index is 13.0. The molecule has 0 bridgehead atoms. The zero-order valence-electron chi connectivity index (χ0n) is 12.4. The normalized spacial score (nSPS) is 22.8. The van der Waals surface area contributed by atoms with Gasteiger partial charge in [0, 0.05) is 25.2 Å². The summed E-state index contributed by atoms with van der Waals surface area (Å²) in [4.78, 5) is 2.29. The van der Waals surface area contributed by atoms with Crippen molar-refractivity contribution in [2.24, 2.45) is 11.7 Å². The van der Waals surface area contributed by atoms with Crippen LogP contribution >= 0.6 is 0 Å². The summed E-state index contributed by atoms with van der Waals surface area (Å²) in [6.07, 6.45) is 2.37. The van der Waals surface area contributed by atoms with Crippen molar-refractivity contribution in [3.8, 4) is 0 Å². The molecule has 1 heterocycles. The van der Waals surface area contributed by atoms with Crippen molar-refractivity contribution in [2.45, 2.75) is 31.8 Å². The molecule has 1 aliphatic rings. The van der Waals surface area contributed by atoms with Crippen molar-refractivity contribution in [3.05, 3.63) is 35.6 Å². The number of hydrogen-bond donors (Lipinski definition) is 1. The second kappa shape index (κ2) is 7.16. The molecule has 112 valence electrons. The first-order valence-electron chi connectivity index (χ1n) is 7.37. The molecule has 1 aromatic rings. The van der Waals surface area contributed by atoms with E-state index in [1.54, 1.807) is 12.1 Å². The van der Waals surface area contributed by atoms with Gasteiger partial charge < -0.3 is 15.4 Å². The average molecular weight is 280 g/mol. The van der Waals surface area contributed by atoms with Crippen LogP contribution in [0.5, 0.6) is 0 Å². The van der Waals surface area contributed by atoms with Crippen molar-refractivity contribution in [1.29, 1.82) is 0 Å². The first kappa shape index (κ1) is 15.4. The molecule has 20 heavy (non-hydrogen) atoms. The molecule has 4 heteroatoms. The number of rotatable bonds is 5. The zero-order valence-corrected chi connectivity index (χ0v) is 12.4. The van der Waals surface area contributed by atoms with E-state index in [0.29, 0.717) is 5.92 Å². The van der Waals surface area contributed by atoms with Crippen molar-refractivity contribution >= 4 is 0 Å². The first-order chi connectivity index (χ1) is 9.58. The lowest BCUT2D eigenvalue weighted by molar-refractivity contribution is 0.0355. The minimum absolute atomic E-state index is 0.106. The number of likely N-dealkylation sites (N-methyl/N-ethyl adjacent to an activating group) is 1. The SMILES string of the molecule is CC(C(N)c1ccc(F)cc1)N(C)CC1CCCOC1. The van der Waals surface area contributed by atoms with Gasteiger partial charge in [-0.1, -0.05) is 12.1 Å². The van der Waals surface area contributed by atoms with Crippen LogP contribution in [-0.4, -0.2) is 37.7 Å². The molecule has 1 fully saturated rings. The minimum atomic E-state index is -0.221. The van der Waals surface area contributed by atoms with Gasteiger partial charge in [0.1, 0.15) is 5.82 Å². The summed E-state index contributed by atoms with van der Waals surface area (Å²) >= 11 is 0. The van der Waals surface area contributed by atoms with Crippen LogP contribution in [0.2, 0.25) is 0 Å². The molecular formula is C16H25FN2O. The highest BCUT2D eigenvalue weighted by Gasteiger charge is 2.23. The minimum Gasteiger partial charge on any atom is -0.381 e. The lowest BCUT2D eigenvalue weighted by atomic mass is 9.97. The van der Waals surface area contributed by atoms with Gasteiger partial charge in [-0.05, 0) is 50.4 Å². The Bertz CT molecular complexity index is 403. The second-order valence-corrected chi connectivity index (χ2v) is 5.84. The van der Waals surface area contributed by atoms with Crippen LogP contribution in [0.3, 0.4) is 0 Å². The monoisotopic (exact) mass is 280 g/mol. The Morgan fingerprint density at radius 3 is 2.70 bits per heavy atom. The van der Waals surface area contributed by atoms with Gasteiger partial charge in [0.05, 0.1) is 6.61 Å². The van der Waals surface area contributed by atoms with E-state index in [-0.39, 0.29) is 17.9 Å². The fourth-order valence-corrected chi connectivity index (χ4v) is 2.76. The summed E-state index contributed by atoms with van der Waals surface area (Å²) < 4.78 is 18.5. The van der Waals surface area contributed by atoms with Crippen LogP contribution < -0.4 is 5.73 Å². The quantitative estimate of drug-likeness (QED) is 0.901. The largest absolute Gasteiger partial charge is 0.381 e. The fourth-order valence-electron chi connectivity index (χ4n) is 2.76. The number of ether oxygens (including phenoxy) is 1. The van der Waals surface area contributed by atoms with E-state index >= 15 is 0 Å². The molecule has 3 atom stereocenters. The third-order valence-corrected chi connectivity index (χ3v) is 4.27. The number of hydrogen-bond acceptors (Lipinski definition) is 3. The predicted molar refractivity (Wildman–Crippen MR) is 79.0 cm³/mol. The average Bonchev–Trinajstić information content (AvgIpc) is 2.47. The molecule has 1 aromatic carbocycles. The first-order valence-corrected chi connectivity index (χ1v) is 7.37. The maximum Gasteiger partial charge on any atom is 0.123 e. The molecule has 0 aliphatic carbocycles. The van der Waals surface area contributed by atoms with E-state index in [2.05, 4.69) is 18.9 Å². The summed E-state index contributed by atoms with van der Waals surface area (Å²) in [7, 11) is 2.10. The van der Waals surface area contributed by atoms with Crippen molar-refractivity contribution in [3.63, 3.8) is 0 Å². The van der Waals surface area contributed by atoms with Gasteiger partial charge in [0.2, 0.25) is 0 Å². The summed E-state index contributed by atoms with van der Waals surface area (Å²) in [5, 5.41) is 0. The Balaban J connectivity index is 1.91. The van der Waals surface area contributed by atoms with E-state index in [0.717, 1.165) is 31.7 Å². The summed E-state index contributed by atoms with van der Waals surface area (Å²) in [6, 6.07) is 6.59. The van der Waals surface area contributed by atoms with Crippen LogP contribution in [0, 0.1) is 11.7 Å². The molecule has 1 aliphatic heterocycles.